The average Bonchev–Trinajstić information content (AvgIpc) is 2.75. The number of aromatic hydroxyl groups is 1. The largest absolute Gasteiger partial charge is 0.508 e. The Hall–Kier alpha value is -3.35. The Morgan fingerprint density at radius 3 is 2.50 bits per heavy atom. The number of hydrazone groups is 1. The molecule has 2 aliphatic heterocycles. The van der Waals surface area contributed by atoms with Crippen LogP contribution in [-0.4, -0.2) is 53.7 Å². The first kappa shape index (κ1) is 19.9. The van der Waals surface area contributed by atoms with E-state index < -0.39 is 0 Å². The van der Waals surface area contributed by atoms with Crippen LogP contribution < -0.4 is 9.91 Å². The number of rotatable bonds is 3. The van der Waals surface area contributed by atoms with Crippen molar-refractivity contribution in [1.82, 2.24) is 4.90 Å². The number of carbonyl (C=O) groups excluding carboxylic acids is 2. The third-order valence-corrected chi connectivity index (χ3v) is 5.63. The number of phenolic OH excluding ortho intramolecular Hbond substituents is 1. The zero-order valence-corrected chi connectivity index (χ0v) is 17.3. The second kappa shape index (κ2) is 8.18. The van der Waals surface area contributed by atoms with Crippen molar-refractivity contribution in [2.24, 2.45) is 5.10 Å². The molecular weight excluding hydrogens is 380 g/mol. The average molecular weight is 406 g/mol. The SMILES string of the molecule is Cc1ccc(C)c(N2N=C(C(=O)N3CCN(c4cccc(O)c4)CC3)CCC2=O)c1. The Bertz CT molecular complexity index is 1010. The lowest BCUT2D eigenvalue weighted by Crippen LogP contribution is -2.51. The summed E-state index contributed by atoms with van der Waals surface area (Å²) in [4.78, 5) is 29.5. The maximum atomic E-state index is 13.1. The minimum absolute atomic E-state index is 0.0889. The lowest BCUT2D eigenvalue weighted by atomic mass is 10.1. The second-order valence-electron chi connectivity index (χ2n) is 7.84. The summed E-state index contributed by atoms with van der Waals surface area (Å²) in [5.41, 5.74) is 4.11. The predicted octanol–water partition coefficient (Wildman–Crippen LogP) is 2.84. The van der Waals surface area contributed by atoms with Gasteiger partial charge >= 0.3 is 0 Å². The summed E-state index contributed by atoms with van der Waals surface area (Å²) in [5.74, 6) is 0.0427. The molecule has 2 aromatic rings. The van der Waals surface area contributed by atoms with Crippen LogP contribution in [0.25, 0.3) is 0 Å². The molecule has 7 nitrogen and oxygen atoms in total. The molecule has 1 fully saturated rings. The summed E-state index contributed by atoms with van der Waals surface area (Å²) in [5, 5.41) is 15.5. The predicted molar refractivity (Wildman–Crippen MR) is 117 cm³/mol. The molecule has 0 aliphatic carbocycles. The molecule has 156 valence electrons. The molecule has 7 heteroatoms. The van der Waals surface area contributed by atoms with Crippen molar-refractivity contribution in [3.63, 3.8) is 0 Å². The van der Waals surface area contributed by atoms with Gasteiger partial charge in [0.1, 0.15) is 11.5 Å². The summed E-state index contributed by atoms with van der Waals surface area (Å²) in [7, 11) is 0. The Kier molecular flexibility index (Phi) is 5.44. The van der Waals surface area contributed by atoms with Crippen molar-refractivity contribution in [2.45, 2.75) is 26.7 Å². The molecule has 1 N–H and O–H groups in total. The molecule has 0 bridgehead atoms. The number of amides is 2. The number of piperazine rings is 1. The van der Waals surface area contributed by atoms with Crippen molar-refractivity contribution < 1.29 is 14.7 Å². The fourth-order valence-electron chi connectivity index (χ4n) is 3.88. The zero-order valence-electron chi connectivity index (χ0n) is 17.3. The highest BCUT2D eigenvalue weighted by molar-refractivity contribution is 6.40. The molecule has 2 aliphatic rings. The highest BCUT2D eigenvalue weighted by atomic mass is 16.3. The van der Waals surface area contributed by atoms with Gasteiger partial charge in [-0.05, 0) is 43.2 Å². The molecule has 1 saturated heterocycles. The molecular formula is C23H26N4O3. The van der Waals surface area contributed by atoms with Crippen molar-refractivity contribution in [1.29, 1.82) is 0 Å². The van der Waals surface area contributed by atoms with E-state index in [4.69, 9.17) is 0 Å². The van der Waals surface area contributed by atoms with Crippen molar-refractivity contribution in [2.75, 3.05) is 36.1 Å². The fourth-order valence-corrected chi connectivity index (χ4v) is 3.88. The van der Waals surface area contributed by atoms with Crippen LogP contribution in [0.4, 0.5) is 11.4 Å². The van der Waals surface area contributed by atoms with Crippen LogP contribution in [0.3, 0.4) is 0 Å². The third kappa shape index (κ3) is 4.01. The van der Waals surface area contributed by atoms with Crippen LogP contribution in [0.2, 0.25) is 0 Å². The van der Waals surface area contributed by atoms with Gasteiger partial charge in [0.15, 0.2) is 0 Å². The number of phenols is 1. The quantitative estimate of drug-likeness (QED) is 0.850. The molecule has 0 radical (unpaired) electrons. The summed E-state index contributed by atoms with van der Waals surface area (Å²) in [6, 6.07) is 13.0. The summed E-state index contributed by atoms with van der Waals surface area (Å²) in [6.07, 6.45) is 0.646. The molecule has 0 unspecified atom stereocenters. The van der Waals surface area contributed by atoms with Gasteiger partial charge in [-0.3, -0.25) is 9.59 Å². The molecule has 0 spiro atoms. The van der Waals surface area contributed by atoms with Crippen LogP contribution in [0.5, 0.6) is 5.75 Å². The number of hydrogen-bond acceptors (Lipinski definition) is 5. The van der Waals surface area contributed by atoms with Crippen LogP contribution in [0.1, 0.15) is 24.0 Å². The van der Waals surface area contributed by atoms with Gasteiger partial charge in [0.05, 0.1) is 5.69 Å². The topological polar surface area (TPSA) is 76.5 Å². The Morgan fingerprint density at radius 1 is 1.00 bits per heavy atom. The lowest BCUT2D eigenvalue weighted by Gasteiger charge is -2.36. The molecule has 2 amide bonds. The molecule has 0 saturated carbocycles. The van der Waals surface area contributed by atoms with Gasteiger partial charge in [-0.25, -0.2) is 5.01 Å². The second-order valence-corrected chi connectivity index (χ2v) is 7.84. The van der Waals surface area contributed by atoms with Gasteiger partial charge in [0.2, 0.25) is 5.91 Å². The first-order valence-electron chi connectivity index (χ1n) is 10.2. The van der Waals surface area contributed by atoms with E-state index in [1.807, 2.05) is 44.2 Å². The van der Waals surface area contributed by atoms with Crippen LogP contribution >= 0.6 is 0 Å². The summed E-state index contributed by atoms with van der Waals surface area (Å²) >= 11 is 0. The smallest absolute Gasteiger partial charge is 0.270 e. The van der Waals surface area contributed by atoms with E-state index in [-0.39, 0.29) is 24.0 Å². The normalized spacial score (nSPS) is 17.2. The monoisotopic (exact) mass is 406 g/mol. The van der Waals surface area contributed by atoms with E-state index in [0.717, 1.165) is 22.5 Å². The van der Waals surface area contributed by atoms with Gasteiger partial charge < -0.3 is 14.9 Å². The molecule has 30 heavy (non-hydrogen) atoms. The van der Waals surface area contributed by atoms with Gasteiger partial charge in [-0.15, -0.1) is 0 Å². The van der Waals surface area contributed by atoms with E-state index >= 15 is 0 Å². The number of aryl methyl sites for hydroxylation is 2. The standard InChI is InChI=1S/C23H26N4O3/c1-16-6-7-17(2)21(14-16)27-22(29)9-8-20(24-27)23(30)26-12-10-25(11-13-26)18-4-3-5-19(28)15-18/h3-7,14-15,28H,8-13H2,1-2H3. The van der Waals surface area contributed by atoms with E-state index in [1.165, 1.54) is 5.01 Å². The van der Waals surface area contributed by atoms with Crippen LogP contribution in [-0.2, 0) is 9.59 Å². The zero-order chi connectivity index (χ0) is 21.3. The Labute approximate surface area is 176 Å². The van der Waals surface area contributed by atoms with E-state index in [1.54, 1.807) is 17.0 Å². The number of nitrogens with zero attached hydrogens (tertiary/aromatic N) is 4. The number of hydrogen-bond donors (Lipinski definition) is 1. The third-order valence-electron chi connectivity index (χ3n) is 5.63. The molecule has 4 rings (SSSR count). The van der Waals surface area contributed by atoms with Crippen molar-refractivity contribution in [3.05, 3.63) is 53.6 Å². The Morgan fingerprint density at radius 2 is 1.77 bits per heavy atom. The highest BCUT2D eigenvalue weighted by Crippen LogP contribution is 2.26. The van der Waals surface area contributed by atoms with Gasteiger partial charge in [-0.2, -0.15) is 5.10 Å². The first-order chi connectivity index (χ1) is 14.4. The van der Waals surface area contributed by atoms with Gasteiger partial charge in [-0.1, -0.05) is 18.2 Å². The highest BCUT2D eigenvalue weighted by Gasteiger charge is 2.30. The van der Waals surface area contributed by atoms with E-state index in [0.29, 0.717) is 38.3 Å². The summed E-state index contributed by atoms with van der Waals surface area (Å²) < 4.78 is 0. The number of anilines is 2. The molecule has 2 heterocycles. The summed E-state index contributed by atoms with van der Waals surface area (Å²) in [6.45, 7) is 6.42. The molecule has 2 aromatic carbocycles. The fraction of sp³-hybridized carbons (Fsp3) is 0.348. The lowest BCUT2D eigenvalue weighted by molar-refractivity contribution is -0.124. The van der Waals surface area contributed by atoms with Crippen LogP contribution in [0, 0.1) is 13.8 Å². The Balaban J connectivity index is 1.48. The maximum Gasteiger partial charge on any atom is 0.270 e. The molecule has 0 aromatic heterocycles. The van der Waals surface area contributed by atoms with Crippen LogP contribution in [0.15, 0.2) is 47.6 Å². The van der Waals surface area contributed by atoms with Crippen molar-refractivity contribution >= 4 is 28.9 Å². The van der Waals surface area contributed by atoms with E-state index in [9.17, 15) is 14.7 Å². The number of benzene rings is 2. The minimum atomic E-state index is -0.103. The molecule has 0 atom stereocenters. The first-order valence-corrected chi connectivity index (χ1v) is 10.2. The van der Waals surface area contributed by atoms with E-state index in [2.05, 4.69) is 10.0 Å². The maximum absolute atomic E-state index is 13.1. The van der Waals surface area contributed by atoms with Crippen molar-refractivity contribution in [3.8, 4) is 5.75 Å². The van der Waals surface area contributed by atoms with Gasteiger partial charge in [0.25, 0.3) is 5.91 Å². The number of carbonyl (C=O) groups is 2. The minimum Gasteiger partial charge on any atom is -0.508 e. The van der Waals surface area contributed by atoms with Gasteiger partial charge in [0, 0.05) is 50.8 Å².